The minimum absolute atomic E-state index is 0.195. The van der Waals surface area contributed by atoms with Crippen molar-refractivity contribution < 1.29 is 4.52 Å². The Morgan fingerprint density at radius 3 is 2.91 bits per heavy atom. The molecule has 1 aromatic carbocycles. The standard InChI is InChI=1S/C14H15N5O2S/c1-2-8-19-13(20)16-17-14(19)22-9-11-15-12(18-21-11)10-6-4-3-5-7-10/h3-7H,2,8-9H2,1H3,(H,16,20). The Hall–Kier alpha value is -2.35. The lowest BCUT2D eigenvalue weighted by atomic mass is 10.2. The Bertz CT molecular complexity index is 793. The molecule has 3 rings (SSSR count). The first kappa shape index (κ1) is 14.6. The molecular weight excluding hydrogens is 302 g/mol. The second kappa shape index (κ2) is 6.61. The lowest BCUT2D eigenvalue weighted by Crippen LogP contribution is -2.17. The molecule has 2 heterocycles. The van der Waals surface area contributed by atoms with E-state index in [9.17, 15) is 4.79 Å². The maximum absolute atomic E-state index is 11.6. The number of aromatic amines is 1. The summed E-state index contributed by atoms with van der Waals surface area (Å²) in [6, 6.07) is 9.63. The lowest BCUT2D eigenvalue weighted by molar-refractivity contribution is 0.391. The number of rotatable bonds is 6. The first-order valence-corrected chi connectivity index (χ1v) is 7.92. The zero-order valence-corrected chi connectivity index (χ0v) is 12.8. The molecule has 2 aromatic heterocycles. The van der Waals surface area contributed by atoms with E-state index in [0.29, 0.717) is 29.2 Å². The van der Waals surface area contributed by atoms with Crippen LogP contribution in [0.5, 0.6) is 0 Å². The Morgan fingerprint density at radius 2 is 2.14 bits per heavy atom. The van der Waals surface area contributed by atoms with Crippen molar-refractivity contribution in [1.29, 1.82) is 0 Å². The maximum atomic E-state index is 11.6. The summed E-state index contributed by atoms with van der Waals surface area (Å²) in [6.45, 7) is 2.65. The van der Waals surface area contributed by atoms with Crippen LogP contribution >= 0.6 is 11.8 Å². The summed E-state index contributed by atoms with van der Waals surface area (Å²) in [6.07, 6.45) is 0.867. The van der Waals surface area contributed by atoms with Crippen LogP contribution in [-0.2, 0) is 12.3 Å². The van der Waals surface area contributed by atoms with Gasteiger partial charge < -0.3 is 4.52 Å². The Balaban J connectivity index is 1.70. The molecule has 7 nitrogen and oxygen atoms in total. The number of aromatic nitrogens is 5. The van der Waals surface area contributed by atoms with Gasteiger partial charge in [-0.25, -0.2) is 9.89 Å². The van der Waals surface area contributed by atoms with E-state index in [1.165, 1.54) is 11.8 Å². The van der Waals surface area contributed by atoms with Gasteiger partial charge in [-0.3, -0.25) is 4.57 Å². The molecular formula is C14H15N5O2S. The molecule has 0 atom stereocenters. The molecule has 3 aromatic rings. The fourth-order valence-electron chi connectivity index (χ4n) is 1.98. The third-order valence-electron chi connectivity index (χ3n) is 3.00. The van der Waals surface area contributed by atoms with Crippen molar-refractivity contribution in [3.8, 4) is 11.4 Å². The van der Waals surface area contributed by atoms with Gasteiger partial charge in [0.05, 0.1) is 5.75 Å². The Labute approximate surface area is 130 Å². The van der Waals surface area contributed by atoms with E-state index < -0.39 is 0 Å². The number of hydrogen-bond donors (Lipinski definition) is 1. The smallest absolute Gasteiger partial charge is 0.338 e. The molecule has 0 fully saturated rings. The molecule has 0 amide bonds. The highest BCUT2D eigenvalue weighted by atomic mass is 32.2. The monoisotopic (exact) mass is 317 g/mol. The highest BCUT2D eigenvalue weighted by Crippen LogP contribution is 2.21. The van der Waals surface area contributed by atoms with Gasteiger partial charge in [-0.05, 0) is 6.42 Å². The molecule has 0 spiro atoms. The van der Waals surface area contributed by atoms with Crippen molar-refractivity contribution in [2.45, 2.75) is 30.8 Å². The normalized spacial score (nSPS) is 11.0. The van der Waals surface area contributed by atoms with Crippen molar-refractivity contribution in [1.82, 2.24) is 24.9 Å². The number of nitrogens with one attached hydrogen (secondary N) is 1. The number of H-pyrrole nitrogens is 1. The van der Waals surface area contributed by atoms with E-state index in [-0.39, 0.29) is 5.69 Å². The molecule has 0 aliphatic carbocycles. The van der Waals surface area contributed by atoms with Crippen molar-refractivity contribution in [2.24, 2.45) is 0 Å². The van der Waals surface area contributed by atoms with Crippen LogP contribution in [0.25, 0.3) is 11.4 Å². The fraction of sp³-hybridized carbons (Fsp3) is 0.286. The van der Waals surface area contributed by atoms with Gasteiger partial charge in [-0.1, -0.05) is 54.2 Å². The number of thioether (sulfide) groups is 1. The van der Waals surface area contributed by atoms with E-state index in [2.05, 4.69) is 20.3 Å². The van der Waals surface area contributed by atoms with Gasteiger partial charge in [0.25, 0.3) is 0 Å². The third kappa shape index (κ3) is 3.11. The highest BCUT2D eigenvalue weighted by Gasteiger charge is 2.12. The second-order valence-electron chi connectivity index (χ2n) is 4.63. The molecule has 0 saturated heterocycles. The molecule has 0 aliphatic heterocycles. The average Bonchev–Trinajstić information content (AvgIpc) is 3.15. The predicted octanol–water partition coefficient (Wildman–Crippen LogP) is 2.32. The molecule has 114 valence electrons. The topological polar surface area (TPSA) is 89.6 Å². The van der Waals surface area contributed by atoms with Gasteiger partial charge >= 0.3 is 5.69 Å². The fourth-order valence-corrected chi connectivity index (χ4v) is 2.79. The molecule has 0 saturated carbocycles. The van der Waals surface area contributed by atoms with E-state index in [4.69, 9.17) is 4.52 Å². The van der Waals surface area contributed by atoms with Crippen LogP contribution in [0, 0.1) is 0 Å². The van der Waals surface area contributed by atoms with Gasteiger partial charge in [0.2, 0.25) is 11.7 Å². The summed E-state index contributed by atoms with van der Waals surface area (Å²) in [7, 11) is 0. The lowest BCUT2D eigenvalue weighted by Gasteiger charge is -2.01. The quantitative estimate of drug-likeness (QED) is 0.702. The van der Waals surface area contributed by atoms with E-state index >= 15 is 0 Å². The number of nitrogens with zero attached hydrogens (tertiary/aromatic N) is 4. The minimum atomic E-state index is -0.195. The van der Waals surface area contributed by atoms with Crippen LogP contribution < -0.4 is 5.69 Å². The Kier molecular flexibility index (Phi) is 4.38. The SMILES string of the molecule is CCCn1c(SCc2nc(-c3ccccc3)no2)n[nH]c1=O. The van der Waals surface area contributed by atoms with Crippen molar-refractivity contribution in [3.63, 3.8) is 0 Å². The summed E-state index contributed by atoms with van der Waals surface area (Å²) >= 11 is 1.39. The summed E-state index contributed by atoms with van der Waals surface area (Å²) in [5, 5.41) is 11.1. The molecule has 22 heavy (non-hydrogen) atoms. The van der Waals surface area contributed by atoms with Crippen molar-refractivity contribution in [2.75, 3.05) is 0 Å². The van der Waals surface area contributed by atoms with Crippen molar-refractivity contribution in [3.05, 3.63) is 46.7 Å². The van der Waals surface area contributed by atoms with Gasteiger partial charge in [-0.15, -0.1) is 5.10 Å². The minimum Gasteiger partial charge on any atom is -0.338 e. The van der Waals surface area contributed by atoms with Gasteiger partial charge in [0.15, 0.2) is 5.16 Å². The van der Waals surface area contributed by atoms with Gasteiger partial charge in [0.1, 0.15) is 0 Å². The van der Waals surface area contributed by atoms with Crippen LogP contribution in [0.2, 0.25) is 0 Å². The van der Waals surface area contributed by atoms with Crippen LogP contribution in [0.4, 0.5) is 0 Å². The summed E-state index contributed by atoms with van der Waals surface area (Å²) in [5.74, 6) is 1.53. The van der Waals surface area contributed by atoms with Gasteiger partial charge in [-0.2, -0.15) is 4.98 Å². The molecule has 0 aliphatic rings. The largest absolute Gasteiger partial charge is 0.343 e. The summed E-state index contributed by atoms with van der Waals surface area (Å²) in [4.78, 5) is 16.0. The third-order valence-corrected chi connectivity index (χ3v) is 3.96. The summed E-state index contributed by atoms with van der Waals surface area (Å²) < 4.78 is 6.85. The zero-order valence-electron chi connectivity index (χ0n) is 12.0. The average molecular weight is 317 g/mol. The van der Waals surface area contributed by atoms with E-state index in [0.717, 1.165) is 12.0 Å². The maximum Gasteiger partial charge on any atom is 0.343 e. The molecule has 8 heteroatoms. The van der Waals surface area contributed by atoms with E-state index in [1.807, 2.05) is 37.3 Å². The molecule has 1 N–H and O–H groups in total. The highest BCUT2D eigenvalue weighted by molar-refractivity contribution is 7.98. The number of benzene rings is 1. The number of hydrogen-bond acceptors (Lipinski definition) is 6. The van der Waals surface area contributed by atoms with Crippen LogP contribution in [0.3, 0.4) is 0 Å². The summed E-state index contributed by atoms with van der Waals surface area (Å²) in [5.41, 5.74) is 0.713. The molecule has 0 radical (unpaired) electrons. The Morgan fingerprint density at radius 1 is 1.32 bits per heavy atom. The van der Waals surface area contributed by atoms with Crippen LogP contribution in [0.1, 0.15) is 19.2 Å². The van der Waals surface area contributed by atoms with E-state index in [1.54, 1.807) is 4.57 Å². The molecule has 0 bridgehead atoms. The van der Waals surface area contributed by atoms with Gasteiger partial charge in [0, 0.05) is 12.1 Å². The molecule has 0 unspecified atom stereocenters. The second-order valence-corrected chi connectivity index (χ2v) is 5.57. The van der Waals surface area contributed by atoms with Crippen molar-refractivity contribution >= 4 is 11.8 Å². The van der Waals surface area contributed by atoms with Crippen LogP contribution in [0.15, 0.2) is 44.8 Å². The zero-order chi connectivity index (χ0) is 15.4. The first-order valence-electron chi connectivity index (χ1n) is 6.94. The van der Waals surface area contributed by atoms with Crippen LogP contribution in [-0.4, -0.2) is 24.9 Å². The first-order chi connectivity index (χ1) is 10.8. The predicted molar refractivity (Wildman–Crippen MR) is 82.4 cm³/mol.